The van der Waals surface area contributed by atoms with Gasteiger partial charge in [0.2, 0.25) is 5.91 Å². The van der Waals surface area contributed by atoms with Crippen LogP contribution in [-0.2, 0) is 27.3 Å². The lowest BCUT2D eigenvalue weighted by atomic mass is 9.90. The first-order valence-corrected chi connectivity index (χ1v) is 11.9. The molecule has 0 radical (unpaired) electrons. The van der Waals surface area contributed by atoms with Crippen LogP contribution in [0.1, 0.15) is 22.7 Å². The van der Waals surface area contributed by atoms with Crippen LogP contribution in [-0.4, -0.2) is 41.8 Å². The third-order valence-corrected chi connectivity index (χ3v) is 6.11. The molecule has 1 fully saturated rings. The Balaban J connectivity index is 1.61. The topological polar surface area (TPSA) is 84.9 Å². The maximum Gasteiger partial charge on any atom is 0.417 e. The van der Waals surface area contributed by atoms with Crippen LogP contribution in [0.15, 0.2) is 91.0 Å². The Morgan fingerprint density at radius 3 is 2.05 bits per heavy atom. The van der Waals surface area contributed by atoms with Crippen molar-refractivity contribution in [2.24, 2.45) is 5.92 Å². The molecule has 1 saturated heterocycles. The van der Waals surface area contributed by atoms with Gasteiger partial charge in [0.25, 0.3) is 0 Å². The molecule has 0 aromatic heterocycles. The van der Waals surface area contributed by atoms with Gasteiger partial charge in [-0.1, -0.05) is 91.0 Å². The number of alkyl carbamates (subject to hydrolysis) is 1. The molecule has 10 heteroatoms. The molecule has 7 nitrogen and oxygen atoms in total. The van der Waals surface area contributed by atoms with Crippen LogP contribution in [0.4, 0.5) is 22.8 Å². The van der Waals surface area contributed by atoms with Gasteiger partial charge in [0.15, 0.2) is 5.92 Å². The van der Waals surface area contributed by atoms with Crippen molar-refractivity contribution in [3.8, 4) is 0 Å². The Kier molecular flexibility index (Phi) is 8.30. The SMILES string of the molecule is O=C(NC(c1ccccc1)C(C(=O)N1C(=O)OC[C@@H]1Cc1ccccc1)C(F)(F)F)OCc1ccccc1. The molecule has 4 rings (SSSR count). The van der Waals surface area contributed by atoms with Gasteiger partial charge in [-0.05, 0) is 23.1 Å². The predicted octanol–water partition coefficient (Wildman–Crippen LogP) is 5.42. The Hall–Kier alpha value is -4.34. The summed E-state index contributed by atoms with van der Waals surface area (Å²) in [4.78, 5) is 39.1. The quantitative estimate of drug-likeness (QED) is 0.424. The number of hydrogen-bond donors (Lipinski definition) is 1. The minimum atomic E-state index is -5.12. The third kappa shape index (κ3) is 6.50. The monoisotopic (exact) mass is 526 g/mol. The van der Waals surface area contributed by atoms with Crippen molar-refractivity contribution in [3.05, 3.63) is 108 Å². The van der Waals surface area contributed by atoms with Crippen molar-refractivity contribution in [1.82, 2.24) is 10.2 Å². The average Bonchev–Trinajstić information content (AvgIpc) is 3.27. The van der Waals surface area contributed by atoms with E-state index in [9.17, 15) is 27.6 Å². The van der Waals surface area contributed by atoms with E-state index in [0.29, 0.717) is 10.5 Å². The maximum atomic E-state index is 14.6. The number of cyclic esters (lactones) is 1. The lowest BCUT2D eigenvalue weighted by Gasteiger charge is -2.32. The first kappa shape index (κ1) is 26.7. The number of carbonyl (C=O) groups is 3. The summed E-state index contributed by atoms with van der Waals surface area (Å²) in [5, 5.41) is 2.21. The molecule has 0 spiro atoms. The Bertz CT molecular complexity index is 1240. The Morgan fingerprint density at radius 1 is 0.921 bits per heavy atom. The van der Waals surface area contributed by atoms with Crippen LogP contribution in [0.2, 0.25) is 0 Å². The lowest BCUT2D eigenvalue weighted by molar-refractivity contribution is -0.193. The van der Waals surface area contributed by atoms with E-state index in [-0.39, 0.29) is 25.2 Å². The molecule has 3 amide bonds. The molecule has 0 aliphatic carbocycles. The van der Waals surface area contributed by atoms with Gasteiger partial charge in [-0.3, -0.25) is 4.79 Å². The number of imide groups is 1. The van der Waals surface area contributed by atoms with E-state index < -0.39 is 42.3 Å². The van der Waals surface area contributed by atoms with E-state index in [2.05, 4.69) is 5.32 Å². The summed E-state index contributed by atoms with van der Waals surface area (Å²) in [5.41, 5.74) is 1.37. The van der Waals surface area contributed by atoms with Crippen molar-refractivity contribution in [3.63, 3.8) is 0 Å². The highest BCUT2D eigenvalue weighted by Crippen LogP contribution is 2.39. The standard InChI is InChI=1S/C28H25F3N2O5/c29-28(30,31)23(25(34)33-22(18-38-27(33)36)16-19-10-4-1-5-11-19)24(21-14-8-3-9-15-21)32-26(35)37-17-20-12-6-2-7-13-20/h1-15,22-24H,16-18H2,(H,32,35)/t22-,23?,24?/m0/s1. The van der Waals surface area contributed by atoms with Gasteiger partial charge in [-0.15, -0.1) is 0 Å². The highest BCUT2D eigenvalue weighted by atomic mass is 19.4. The van der Waals surface area contributed by atoms with Crippen LogP contribution in [0.5, 0.6) is 0 Å². The van der Waals surface area contributed by atoms with Gasteiger partial charge >= 0.3 is 18.4 Å². The predicted molar refractivity (Wildman–Crippen MR) is 131 cm³/mol. The average molecular weight is 527 g/mol. The molecular formula is C28H25F3N2O5. The second kappa shape index (κ2) is 11.8. The number of hydrogen-bond acceptors (Lipinski definition) is 5. The van der Waals surface area contributed by atoms with Crippen LogP contribution >= 0.6 is 0 Å². The van der Waals surface area contributed by atoms with Crippen molar-refractivity contribution < 1.29 is 37.0 Å². The molecule has 0 saturated carbocycles. The van der Waals surface area contributed by atoms with Crippen LogP contribution < -0.4 is 5.32 Å². The van der Waals surface area contributed by atoms with Gasteiger partial charge in [0, 0.05) is 0 Å². The second-order valence-electron chi connectivity index (χ2n) is 8.74. The van der Waals surface area contributed by atoms with Crippen molar-refractivity contribution in [2.75, 3.05) is 6.61 Å². The lowest BCUT2D eigenvalue weighted by Crippen LogP contribution is -2.52. The van der Waals surface area contributed by atoms with Gasteiger partial charge in [0.1, 0.15) is 13.2 Å². The molecule has 198 valence electrons. The van der Waals surface area contributed by atoms with Gasteiger partial charge in [-0.2, -0.15) is 13.2 Å². The zero-order valence-electron chi connectivity index (χ0n) is 20.1. The molecule has 3 aromatic carbocycles. The molecule has 1 aliphatic heterocycles. The van der Waals surface area contributed by atoms with Crippen molar-refractivity contribution >= 4 is 18.1 Å². The van der Waals surface area contributed by atoms with E-state index in [1.54, 1.807) is 66.7 Å². The molecule has 2 unspecified atom stereocenters. The summed E-state index contributed by atoms with van der Waals surface area (Å²) in [7, 11) is 0. The molecule has 1 N–H and O–H groups in total. The minimum Gasteiger partial charge on any atom is -0.447 e. The molecule has 3 atom stereocenters. The summed E-state index contributed by atoms with van der Waals surface area (Å²) < 4.78 is 53.8. The minimum absolute atomic E-state index is 0.0204. The summed E-state index contributed by atoms with van der Waals surface area (Å²) in [5.74, 6) is -4.30. The number of carbonyl (C=O) groups excluding carboxylic acids is 3. The van der Waals surface area contributed by atoms with Gasteiger partial charge < -0.3 is 14.8 Å². The Morgan fingerprint density at radius 2 is 1.47 bits per heavy atom. The first-order valence-electron chi connectivity index (χ1n) is 11.9. The number of amides is 3. The molecule has 1 aliphatic rings. The maximum absolute atomic E-state index is 14.6. The van der Waals surface area contributed by atoms with Crippen LogP contribution in [0, 0.1) is 5.92 Å². The molecule has 1 heterocycles. The van der Waals surface area contributed by atoms with Crippen molar-refractivity contribution in [1.29, 1.82) is 0 Å². The smallest absolute Gasteiger partial charge is 0.417 e. The number of alkyl halides is 3. The van der Waals surface area contributed by atoms with Gasteiger partial charge in [-0.25, -0.2) is 14.5 Å². The summed E-state index contributed by atoms with van der Waals surface area (Å²) in [6.07, 6.45) is -7.31. The fourth-order valence-corrected chi connectivity index (χ4v) is 4.30. The fraction of sp³-hybridized carbons (Fsp3) is 0.250. The van der Waals surface area contributed by atoms with Crippen LogP contribution in [0.25, 0.3) is 0 Å². The van der Waals surface area contributed by atoms with Crippen molar-refractivity contribution in [2.45, 2.75) is 31.3 Å². The zero-order valence-corrected chi connectivity index (χ0v) is 20.1. The van der Waals surface area contributed by atoms with E-state index in [1.165, 1.54) is 24.3 Å². The largest absolute Gasteiger partial charge is 0.447 e. The second-order valence-corrected chi connectivity index (χ2v) is 8.74. The number of nitrogens with zero attached hydrogens (tertiary/aromatic N) is 1. The highest BCUT2D eigenvalue weighted by molar-refractivity contribution is 5.96. The van der Waals surface area contributed by atoms with Gasteiger partial charge in [0.05, 0.1) is 12.1 Å². The molecule has 38 heavy (non-hydrogen) atoms. The summed E-state index contributed by atoms with van der Waals surface area (Å²) >= 11 is 0. The molecular weight excluding hydrogens is 501 g/mol. The van der Waals surface area contributed by atoms with E-state index >= 15 is 0 Å². The number of ether oxygens (including phenoxy) is 2. The number of halogens is 3. The third-order valence-electron chi connectivity index (χ3n) is 6.11. The molecule has 0 bridgehead atoms. The number of benzene rings is 3. The summed E-state index contributed by atoms with van der Waals surface area (Å²) in [6, 6.07) is 21.8. The summed E-state index contributed by atoms with van der Waals surface area (Å²) in [6.45, 7) is -0.428. The Labute approximate surface area is 217 Å². The first-order chi connectivity index (χ1) is 18.2. The zero-order chi connectivity index (χ0) is 27.1. The highest BCUT2D eigenvalue weighted by Gasteiger charge is 2.55. The normalized spacial score (nSPS) is 16.9. The molecule has 3 aromatic rings. The number of rotatable bonds is 8. The van der Waals surface area contributed by atoms with Crippen LogP contribution in [0.3, 0.4) is 0 Å². The fourth-order valence-electron chi connectivity index (χ4n) is 4.30. The van der Waals surface area contributed by atoms with E-state index in [4.69, 9.17) is 9.47 Å². The number of nitrogens with one attached hydrogen (secondary N) is 1. The van der Waals surface area contributed by atoms with E-state index in [0.717, 1.165) is 5.56 Å². The van der Waals surface area contributed by atoms with E-state index in [1.807, 2.05) is 0 Å².